The van der Waals surface area contributed by atoms with Crippen LogP contribution in [0.25, 0.3) is 0 Å². The lowest BCUT2D eigenvalue weighted by Gasteiger charge is -2.39. The van der Waals surface area contributed by atoms with E-state index < -0.39 is 5.97 Å². The predicted molar refractivity (Wildman–Crippen MR) is 102 cm³/mol. The maximum absolute atomic E-state index is 11.8. The molecule has 2 aromatic carbocycles. The number of aromatic carboxylic acids is 1. The first kappa shape index (κ1) is 17.2. The third kappa shape index (κ3) is 2.93. The van der Waals surface area contributed by atoms with Gasteiger partial charge in [0.1, 0.15) is 11.8 Å². The average Bonchev–Trinajstić information content (AvgIpc) is 3.16. The second-order valence-electron chi connectivity index (χ2n) is 7.02. The van der Waals surface area contributed by atoms with E-state index in [9.17, 15) is 9.90 Å². The molecule has 1 heterocycles. The van der Waals surface area contributed by atoms with Crippen LogP contribution in [-0.2, 0) is 0 Å². The van der Waals surface area contributed by atoms with Gasteiger partial charge in [0.05, 0.1) is 11.6 Å². The van der Waals surface area contributed by atoms with Crippen molar-refractivity contribution >= 4 is 11.7 Å². The molecule has 0 spiro atoms. The lowest BCUT2D eigenvalue weighted by molar-refractivity contribution is 0.0695. The van der Waals surface area contributed by atoms with Crippen LogP contribution in [-0.4, -0.2) is 17.7 Å². The van der Waals surface area contributed by atoms with Crippen LogP contribution >= 0.6 is 0 Å². The minimum atomic E-state index is -0.885. The Morgan fingerprint density at radius 1 is 1.30 bits per heavy atom. The van der Waals surface area contributed by atoms with Crippen LogP contribution in [0.5, 0.6) is 5.75 Å². The number of ether oxygens (including phenoxy) is 1. The molecule has 0 saturated heterocycles. The first-order valence-corrected chi connectivity index (χ1v) is 9.00. The summed E-state index contributed by atoms with van der Waals surface area (Å²) in [5, 5.41) is 21.9. The van der Waals surface area contributed by atoms with Crippen molar-refractivity contribution in [3.63, 3.8) is 0 Å². The first-order valence-electron chi connectivity index (χ1n) is 9.00. The van der Waals surface area contributed by atoms with Gasteiger partial charge in [0, 0.05) is 11.6 Å². The summed E-state index contributed by atoms with van der Waals surface area (Å²) in [5.41, 5.74) is 4.38. The van der Waals surface area contributed by atoms with Crippen molar-refractivity contribution in [3.8, 4) is 11.8 Å². The summed E-state index contributed by atoms with van der Waals surface area (Å²) in [4.78, 5) is 11.8. The molecule has 136 valence electrons. The summed E-state index contributed by atoms with van der Waals surface area (Å²) < 4.78 is 5.34. The smallest absolute Gasteiger partial charge is 0.336 e. The van der Waals surface area contributed by atoms with E-state index in [1.165, 1.54) is 0 Å². The molecule has 2 aliphatic rings. The third-order valence-electron chi connectivity index (χ3n) is 5.50. The number of hydrogen-bond acceptors (Lipinski definition) is 4. The van der Waals surface area contributed by atoms with Gasteiger partial charge in [-0.15, -0.1) is 0 Å². The molecule has 5 nitrogen and oxygen atoms in total. The van der Waals surface area contributed by atoms with Crippen LogP contribution in [0, 0.1) is 24.2 Å². The van der Waals surface area contributed by atoms with Gasteiger partial charge < -0.3 is 15.2 Å². The fourth-order valence-corrected chi connectivity index (χ4v) is 4.26. The quantitative estimate of drug-likeness (QED) is 0.789. The van der Waals surface area contributed by atoms with Gasteiger partial charge in [0.25, 0.3) is 0 Å². The van der Waals surface area contributed by atoms with Crippen molar-refractivity contribution in [2.24, 2.45) is 5.92 Å². The summed E-state index contributed by atoms with van der Waals surface area (Å²) in [6.45, 7) is 2.03. The molecule has 0 aromatic heterocycles. The molecule has 1 aliphatic heterocycles. The zero-order chi connectivity index (χ0) is 19.0. The molecule has 27 heavy (non-hydrogen) atoms. The number of carbonyl (C=O) groups is 1. The van der Waals surface area contributed by atoms with Crippen LogP contribution in [0.1, 0.15) is 45.4 Å². The van der Waals surface area contributed by atoms with Gasteiger partial charge >= 0.3 is 5.97 Å². The lowest BCUT2D eigenvalue weighted by atomic mass is 9.75. The normalized spacial score (nSPS) is 22.3. The second-order valence-corrected chi connectivity index (χ2v) is 7.02. The molecule has 0 saturated carbocycles. The van der Waals surface area contributed by atoms with Gasteiger partial charge in [0.15, 0.2) is 6.61 Å². The SMILES string of the molecule is Cc1ccc(C(=O)O)c2c1N[C@H](c1ccc(OCC#N)cc1)[C@H]1CC=C[C@@H]21. The molecule has 0 unspecified atom stereocenters. The minimum absolute atomic E-state index is 0.0280. The minimum Gasteiger partial charge on any atom is -0.479 e. The third-order valence-corrected chi connectivity index (χ3v) is 5.50. The van der Waals surface area contributed by atoms with E-state index in [4.69, 9.17) is 10.00 Å². The van der Waals surface area contributed by atoms with E-state index in [1.807, 2.05) is 43.3 Å². The zero-order valence-electron chi connectivity index (χ0n) is 15.0. The Morgan fingerprint density at radius 3 is 2.78 bits per heavy atom. The van der Waals surface area contributed by atoms with Gasteiger partial charge in [-0.2, -0.15) is 5.26 Å². The Labute approximate surface area is 157 Å². The fraction of sp³-hybridized carbons (Fsp3) is 0.273. The number of nitrogens with one attached hydrogen (secondary N) is 1. The summed E-state index contributed by atoms with van der Waals surface area (Å²) in [5.74, 6) is 0.140. The Bertz CT molecular complexity index is 957. The molecule has 4 rings (SSSR count). The molecule has 1 aliphatic carbocycles. The molecular weight excluding hydrogens is 340 g/mol. The number of aryl methyl sites for hydroxylation is 1. The maximum atomic E-state index is 11.8. The number of benzene rings is 2. The topological polar surface area (TPSA) is 82.3 Å². The number of allylic oxidation sites excluding steroid dienone is 2. The first-order chi connectivity index (χ1) is 13.1. The van der Waals surface area contributed by atoms with Crippen molar-refractivity contribution in [1.29, 1.82) is 5.26 Å². The number of rotatable bonds is 4. The number of anilines is 1. The van der Waals surface area contributed by atoms with Crippen molar-refractivity contribution in [1.82, 2.24) is 0 Å². The molecule has 0 amide bonds. The number of fused-ring (bicyclic) bond motifs is 3. The van der Waals surface area contributed by atoms with Crippen molar-refractivity contribution < 1.29 is 14.6 Å². The Kier molecular flexibility index (Phi) is 4.33. The second kappa shape index (κ2) is 6.81. The maximum Gasteiger partial charge on any atom is 0.336 e. The predicted octanol–water partition coefficient (Wildman–Crippen LogP) is 4.42. The molecular formula is C22H20N2O3. The van der Waals surface area contributed by atoms with Crippen LogP contribution in [0.15, 0.2) is 48.6 Å². The molecule has 2 N–H and O–H groups in total. The van der Waals surface area contributed by atoms with E-state index >= 15 is 0 Å². The van der Waals surface area contributed by atoms with Gasteiger partial charge in [-0.05, 0) is 54.2 Å². The van der Waals surface area contributed by atoms with Crippen molar-refractivity contribution in [2.45, 2.75) is 25.3 Å². The number of carboxylic acids is 1. The average molecular weight is 360 g/mol. The molecule has 2 aromatic rings. The molecule has 3 atom stereocenters. The number of nitrogens with zero attached hydrogens (tertiary/aromatic N) is 1. The van der Waals surface area contributed by atoms with Crippen molar-refractivity contribution in [2.75, 3.05) is 11.9 Å². The van der Waals surface area contributed by atoms with E-state index in [2.05, 4.69) is 17.5 Å². The fourth-order valence-electron chi connectivity index (χ4n) is 4.26. The Morgan fingerprint density at radius 2 is 2.07 bits per heavy atom. The van der Waals surface area contributed by atoms with Crippen LogP contribution in [0.2, 0.25) is 0 Å². The summed E-state index contributed by atoms with van der Waals surface area (Å²) in [6.07, 6.45) is 5.20. The molecule has 5 heteroatoms. The van der Waals surface area contributed by atoms with E-state index in [-0.39, 0.29) is 24.5 Å². The highest BCUT2D eigenvalue weighted by Crippen LogP contribution is 2.51. The monoisotopic (exact) mass is 360 g/mol. The van der Waals surface area contributed by atoms with E-state index in [0.717, 1.165) is 28.8 Å². The van der Waals surface area contributed by atoms with Crippen LogP contribution < -0.4 is 10.1 Å². The zero-order valence-corrected chi connectivity index (χ0v) is 15.0. The largest absolute Gasteiger partial charge is 0.479 e. The molecule has 0 fully saturated rings. The van der Waals surface area contributed by atoms with Gasteiger partial charge in [0.2, 0.25) is 0 Å². The van der Waals surface area contributed by atoms with Gasteiger partial charge in [-0.25, -0.2) is 4.79 Å². The van der Waals surface area contributed by atoms with Gasteiger partial charge in [-0.1, -0.05) is 30.4 Å². The van der Waals surface area contributed by atoms with Crippen LogP contribution in [0.3, 0.4) is 0 Å². The molecule has 0 bridgehead atoms. The highest BCUT2D eigenvalue weighted by molar-refractivity contribution is 5.93. The summed E-state index contributed by atoms with van der Waals surface area (Å²) >= 11 is 0. The standard InChI is InChI=1S/C22H20N2O3/c1-13-5-10-18(22(25)26)19-16-3-2-4-17(16)21(24-20(13)19)14-6-8-15(9-7-14)27-12-11-23/h2-3,5-10,16-17,21,24H,4,12H2,1H3,(H,25,26)/t16-,17+,21-/m1/s1. The van der Waals surface area contributed by atoms with Crippen molar-refractivity contribution in [3.05, 3.63) is 70.8 Å². The summed E-state index contributed by atoms with van der Waals surface area (Å²) in [6, 6.07) is 13.4. The summed E-state index contributed by atoms with van der Waals surface area (Å²) in [7, 11) is 0. The highest BCUT2D eigenvalue weighted by Gasteiger charge is 2.40. The molecule has 0 radical (unpaired) electrons. The number of nitriles is 1. The lowest BCUT2D eigenvalue weighted by Crippen LogP contribution is -2.31. The Hall–Kier alpha value is -3.26. The number of hydrogen-bond donors (Lipinski definition) is 2. The van der Waals surface area contributed by atoms with E-state index in [0.29, 0.717) is 11.3 Å². The van der Waals surface area contributed by atoms with E-state index in [1.54, 1.807) is 6.07 Å². The Balaban J connectivity index is 1.73. The number of carboxylic acid groups (broad SMARTS) is 1. The van der Waals surface area contributed by atoms with Gasteiger partial charge in [-0.3, -0.25) is 0 Å². The highest BCUT2D eigenvalue weighted by atomic mass is 16.5. The van der Waals surface area contributed by atoms with Crippen LogP contribution in [0.4, 0.5) is 5.69 Å².